The molecular formula is C7H18N2O3S. The van der Waals surface area contributed by atoms with Crippen LogP contribution in [0.5, 0.6) is 0 Å². The van der Waals surface area contributed by atoms with Crippen LogP contribution in [0.15, 0.2) is 0 Å². The maximum atomic E-state index is 10.5. The zero-order chi connectivity index (χ0) is 10.5. The van der Waals surface area contributed by atoms with E-state index in [0.29, 0.717) is 12.3 Å². The van der Waals surface area contributed by atoms with Gasteiger partial charge in [0.1, 0.15) is 0 Å². The van der Waals surface area contributed by atoms with E-state index in [-0.39, 0.29) is 11.8 Å². The monoisotopic (exact) mass is 210 g/mol. The summed E-state index contributed by atoms with van der Waals surface area (Å²) in [5.41, 5.74) is 2.37. The quantitative estimate of drug-likeness (QED) is 0.329. The molecule has 0 saturated heterocycles. The molecule has 1 unspecified atom stereocenters. The Kier molecular flexibility index (Phi) is 5.46. The molecule has 80 valence electrons. The van der Waals surface area contributed by atoms with Crippen molar-refractivity contribution in [1.29, 1.82) is 0 Å². The van der Waals surface area contributed by atoms with Crippen LogP contribution in [0, 0.1) is 5.92 Å². The standard InChI is InChI=1S/C7H18N2O3S/c1-6(2)3-4-7(9-8)5-13(10,11)12/h6-7,9H,3-5,8H2,1-2H3,(H,10,11,12). The van der Waals surface area contributed by atoms with Crippen molar-refractivity contribution in [3.05, 3.63) is 0 Å². The second-order valence-electron chi connectivity index (χ2n) is 3.58. The van der Waals surface area contributed by atoms with Crippen molar-refractivity contribution in [2.45, 2.75) is 32.7 Å². The van der Waals surface area contributed by atoms with Gasteiger partial charge in [-0.3, -0.25) is 15.8 Å². The van der Waals surface area contributed by atoms with Gasteiger partial charge in [0.05, 0.1) is 5.75 Å². The van der Waals surface area contributed by atoms with Gasteiger partial charge < -0.3 is 0 Å². The summed E-state index contributed by atoms with van der Waals surface area (Å²) in [7, 11) is -3.93. The number of hydrogen-bond acceptors (Lipinski definition) is 4. The molecule has 0 rings (SSSR count). The third-order valence-electron chi connectivity index (χ3n) is 1.74. The third-order valence-corrected chi connectivity index (χ3v) is 2.56. The third kappa shape index (κ3) is 8.17. The highest BCUT2D eigenvalue weighted by Crippen LogP contribution is 2.07. The maximum Gasteiger partial charge on any atom is 0.266 e. The number of nitrogens with one attached hydrogen (secondary N) is 1. The van der Waals surface area contributed by atoms with E-state index >= 15 is 0 Å². The van der Waals surface area contributed by atoms with Crippen LogP contribution in [-0.4, -0.2) is 24.8 Å². The first-order valence-electron chi connectivity index (χ1n) is 4.26. The largest absolute Gasteiger partial charge is 0.285 e. The molecule has 0 aromatic carbocycles. The second kappa shape index (κ2) is 5.54. The molecule has 0 amide bonds. The van der Waals surface area contributed by atoms with Crippen LogP contribution in [0.25, 0.3) is 0 Å². The van der Waals surface area contributed by atoms with E-state index in [4.69, 9.17) is 10.4 Å². The van der Waals surface area contributed by atoms with Crippen molar-refractivity contribution in [2.24, 2.45) is 11.8 Å². The Morgan fingerprint density at radius 3 is 2.23 bits per heavy atom. The number of hydrazine groups is 1. The van der Waals surface area contributed by atoms with Gasteiger partial charge >= 0.3 is 0 Å². The van der Waals surface area contributed by atoms with Gasteiger partial charge in [-0.25, -0.2) is 0 Å². The second-order valence-corrected chi connectivity index (χ2v) is 5.08. The van der Waals surface area contributed by atoms with Gasteiger partial charge in [0.2, 0.25) is 0 Å². The fraction of sp³-hybridized carbons (Fsp3) is 1.00. The van der Waals surface area contributed by atoms with Crippen molar-refractivity contribution in [3.63, 3.8) is 0 Å². The molecule has 0 radical (unpaired) electrons. The molecule has 0 aliphatic heterocycles. The Balaban J connectivity index is 3.91. The minimum atomic E-state index is -3.93. The minimum absolute atomic E-state index is 0.323. The average Bonchev–Trinajstić information content (AvgIpc) is 1.95. The molecule has 0 fully saturated rings. The first-order valence-corrected chi connectivity index (χ1v) is 5.87. The van der Waals surface area contributed by atoms with Gasteiger partial charge in [-0.05, 0) is 18.8 Å². The molecule has 6 heteroatoms. The fourth-order valence-electron chi connectivity index (χ4n) is 1.00. The van der Waals surface area contributed by atoms with Crippen molar-refractivity contribution < 1.29 is 13.0 Å². The molecule has 0 bridgehead atoms. The van der Waals surface area contributed by atoms with Crippen LogP contribution >= 0.6 is 0 Å². The summed E-state index contributed by atoms with van der Waals surface area (Å²) in [4.78, 5) is 0. The molecular weight excluding hydrogens is 192 g/mol. The Labute approximate surface area is 79.4 Å². The Morgan fingerprint density at radius 1 is 1.38 bits per heavy atom. The Bertz CT molecular complexity index is 226. The maximum absolute atomic E-state index is 10.5. The highest BCUT2D eigenvalue weighted by molar-refractivity contribution is 7.85. The first kappa shape index (κ1) is 12.8. The highest BCUT2D eigenvalue weighted by atomic mass is 32.2. The molecule has 1 atom stereocenters. The van der Waals surface area contributed by atoms with Crippen LogP contribution in [0.3, 0.4) is 0 Å². The smallest absolute Gasteiger partial charge is 0.266 e. The number of nitrogens with two attached hydrogens (primary N) is 1. The fourth-order valence-corrected chi connectivity index (χ4v) is 1.77. The van der Waals surface area contributed by atoms with Gasteiger partial charge in [-0.15, -0.1) is 0 Å². The van der Waals surface area contributed by atoms with Crippen LogP contribution in [0.4, 0.5) is 0 Å². The van der Waals surface area contributed by atoms with Gasteiger partial charge in [-0.1, -0.05) is 13.8 Å². The summed E-state index contributed by atoms with van der Waals surface area (Å²) in [6.45, 7) is 4.09. The molecule has 0 aliphatic rings. The van der Waals surface area contributed by atoms with Crippen molar-refractivity contribution in [2.75, 3.05) is 5.75 Å². The van der Waals surface area contributed by atoms with Gasteiger partial charge in [0.15, 0.2) is 0 Å². The van der Waals surface area contributed by atoms with E-state index in [2.05, 4.69) is 5.43 Å². The minimum Gasteiger partial charge on any atom is -0.285 e. The summed E-state index contributed by atoms with van der Waals surface area (Å²) in [6, 6.07) is -0.364. The number of rotatable bonds is 6. The Morgan fingerprint density at radius 2 is 1.92 bits per heavy atom. The van der Waals surface area contributed by atoms with E-state index in [1.807, 2.05) is 13.8 Å². The van der Waals surface area contributed by atoms with Gasteiger partial charge in [-0.2, -0.15) is 8.42 Å². The van der Waals surface area contributed by atoms with Crippen LogP contribution in [0.1, 0.15) is 26.7 Å². The van der Waals surface area contributed by atoms with E-state index in [1.54, 1.807) is 0 Å². The van der Waals surface area contributed by atoms with E-state index in [9.17, 15) is 8.42 Å². The van der Waals surface area contributed by atoms with Crippen molar-refractivity contribution in [3.8, 4) is 0 Å². The molecule has 13 heavy (non-hydrogen) atoms. The molecule has 0 heterocycles. The lowest BCUT2D eigenvalue weighted by Crippen LogP contribution is -2.40. The number of hydrogen-bond donors (Lipinski definition) is 3. The average molecular weight is 210 g/mol. The molecule has 0 aliphatic carbocycles. The first-order chi connectivity index (χ1) is 5.85. The van der Waals surface area contributed by atoms with Crippen LogP contribution in [-0.2, 0) is 10.1 Å². The van der Waals surface area contributed by atoms with Gasteiger partial charge in [0, 0.05) is 6.04 Å². The van der Waals surface area contributed by atoms with Crippen molar-refractivity contribution in [1.82, 2.24) is 5.43 Å². The lowest BCUT2D eigenvalue weighted by atomic mass is 10.0. The Hall–Kier alpha value is -0.170. The van der Waals surface area contributed by atoms with E-state index < -0.39 is 10.1 Å². The van der Waals surface area contributed by atoms with E-state index in [1.165, 1.54) is 0 Å². The lowest BCUT2D eigenvalue weighted by Gasteiger charge is -2.14. The van der Waals surface area contributed by atoms with Crippen molar-refractivity contribution >= 4 is 10.1 Å². The SMILES string of the molecule is CC(C)CCC(CS(=O)(=O)O)NN. The normalized spacial score (nSPS) is 14.8. The van der Waals surface area contributed by atoms with Gasteiger partial charge in [0.25, 0.3) is 10.1 Å². The molecule has 0 aromatic rings. The molecule has 0 aromatic heterocycles. The van der Waals surface area contributed by atoms with Crippen LogP contribution in [0.2, 0.25) is 0 Å². The zero-order valence-corrected chi connectivity index (χ0v) is 8.84. The zero-order valence-electron chi connectivity index (χ0n) is 8.03. The summed E-state index contributed by atoms with van der Waals surface area (Å²) >= 11 is 0. The summed E-state index contributed by atoms with van der Waals surface area (Å²) < 4.78 is 29.6. The summed E-state index contributed by atoms with van der Waals surface area (Å²) in [5.74, 6) is 5.31. The van der Waals surface area contributed by atoms with E-state index in [0.717, 1.165) is 6.42 Å². The highest BCUT2D eigenvalue weighted by Gasteiger charge is 2.15. The molecule has 5 nitrogen and oxygen atoms in total. The summed E-state index contributed by atoms with van der Waals surface area (Å²) in [5, 5.41) is 0. The molecule has 4 N–H and O–H groups in total. The van der Waals surface area contributed by atoms with Crippen LogP contribution < -0.4 is 11.3 Å². The molecule has 0 spiro atoms. The topological polar surface area (TPSA) is 92.4 Å². The lowest BCUT2D eigenvalue weighted by molar-refractivity contribution is 0.433. The predicted octanol–water partition coefficient (Wildman–Crippen LogP) is 0.142. The molecule has 0 saturated carbocycles. The summed E-state index contributed by atoms with van der Waals surface area (Å²) in [6.07, 6.45) is 1.53. The predicted molar refractivity (Wildman–Crippen MR) is 51.6 cm³/mol.